The molecule has 32 heavy (non-hydrogen) atoms. The molecular formula is C27H25N3O2. The van der Waals surface area contributed by atoms with Crippen molar-refractivity contribution in [3.05, 3.63) is 95.8 Å². The highest BCUT2D eigenvalue weighted by atomic mass is 16.3. The molecule has 1 aromatic heterocycles. The summed E-state index contributed by atoms with van der Waals surface area (Å²) < 4.78 is 0. The second-order valence-corrected chi connectivity index (χ2v) is 8.37. The normalized spacial score (nSPS) is 14.2. The molecule has 0 saturated carbocycles. The third-order valence-corrected chi connectivity index (χ3v) is 6.21. The number of hydrogen-bond donors (Lipinski definition) is 2. The van der Waals surface area contributed by atoms with Crippen LogP contribution < -0.4 is 5.73 Å². The summed E-state index contributed by atoms with van der Waals surface area (Å²) in [7, 11) is 0. The summed E-state index contributed by atoms with van der Waals surface area (Å²) in [4.78, 5) is 19.0. The first-order chi connectivity index (χ1) is 15.6. The van der Waals surface area contributed by atoms with Crippen molar-refractivity contribution in [3.63, 3.8) is 0 Å². The Labute approximate surface area is 187 Å². The molecule has 4 aromatic rings. The zero-order valence-corrected chi connectivity index (χ0v) is 17.7. The van der Waals surface area contributed by atoms with E-state index in [9.17, 15) is 9.90 Å². The van der Waals surface area contributed by atoms with Gasteiger partial charge in [-0.15, -0.1) is 0 Å². The van der Waals surface area contributed by atoms with Crippen molar-refractivity contribution in [2.45, 2.75) is 25.4 Å². The minimum absolute atomic E-state index is 0.0181. The number of aromatic hydroxyl groups is 1. The summed E-state index contributed by atoms with van der Waals surface area (Å²) in [6, 6.07) is 21.3. The number of nitrogens with zero attached hydrogens (tertiary/aromatic N) is 2. The number of amides is 1. The van der Waals surface area contributed by atoms with E-state index in [1.54, 1.807) is 24.5 Å². The molecule has 1 unspecified atom stereocenters. The van der Waals surface area contributed by atoms with E-state index in [4.69, 9.17) is 5.73 Å². The van der Waals surface area contributed by atoms with Crippen LogP contribution in [-0.4, -0.2) is 33.5 Å². The van der Waals surface area contributed by atoms with Crippen molar-refractivity contribution in [3.8, 4) is 16.9 Å². The number of carbonyl (C=O) groups excluding carboxylic acids is 1. The number of phenolic OH excluding ortho intramolecular Hbond substituents is 1. The number of pyridine rings is 1. The largest absolute Gasteiger partial charge is 0.508 e. The second-order valence-electron chi connectivity index (χ2n) is 8.37. The van der Waals surface area contributed by atoms with Crippen LogP contribution in [0.25, 0.3) is 21.9 Å². The van der Waals surface area contributed by atoms with Gasteiger partial charge in [0.25, 0.3) is 0 Å². The Hall–Kier alpha value is -3.70. The fourth-order valence-corrected chi connectivity index (χ4v) is 4.56. The molecule has 0 bridgehead atoms. The van der Waals surface area contributed by atoms with Gasteiger partial charge in [0, 0.05) is 25.5 Å². The van der Waals surface area contributed by atoms with E-state index in [1.165, 1.54) is 16.7 Å². The minimum atomic E-state index is -0.569. The Morgan fingerprint density at radius 2 is 1.91 bits per heavy atom. The number of phenols is 1. The van der Waals surface area contributed by atoms with Gasteiger partial charge in [-0.3, -0.25) is 9.78 Å². The SMILES string of the molecule is NC(Cc1cccnc1)C(=O)N1CCc2c(cccc2-c2ccc3cc(O)ccc3c2)C1. The average molecular weight is 424 g/mol. The molecule has 3 aromatic carbocycles. The van der Waals surface area contributed by atoms with E-state index in [-0.39, 0.29) is 11.7 Å². The molecule has 160 valence electrons. The number of hydrogen-bond acceptors (Lipinski definition) is 4. The summed E-state index contributed by atoms with van der Waals surface area (Å²) in [6.07, 6.45) is 4.76. The lowest BCUT2D eigenvalue weighted by atomic mass is 9.89. The Kier molecular flexibility index (Phi) is 5.33. The summed E-state index contributed by atoms with van der Waals surface area (Å²) >= 11 is 0. The van der Waals surface area contributed by atoms with Crippen LogP contribution in [-0.2, 0) is 24.2 Å². The van der Waals surface area contributed by atoms with Gasteiger partial charge < -0.3 is 15.7 Å². The molecule has 0 radical (unpaired) electrons. The zero-order valence-electron chi connectivity index (χ0n) is 17.7. The summed E-state index contributed by atoms with van der Waals surface area (Å²) in [5.74, 6) is 0.254. The van der Waals surface area contributed by atoms with E-state index < -0.39 is 6.04 Å². The molecule has 0 spiro atoms. The van der Waals surface area contributed by atoms with Crippen LogP contribution in [0.5, 0.6) is 5.75 Å². The number of nitrogens with two attached hydrogens (primary N) is 1. The smallest absolute Gasteiger partial charge is 0.240 e. The molecule has 0 saturated heterocycles. The maximum absolute atomic E-state index is 13.0. The first kappa shape index (κ1) is 20.2. The molecule has 5 nitrogen and oxygen atoms in total. The van der Waals surface area contributed by atoms with Gasteiger partial charge in [-0.05, 0) is 75.7 Å². The molecular weight excluding hydrogens is 398 g/mol. The van der Waals surface area contributed by atoms with Crippen LogP contribution in [0.2, 0.25) is 0 Å². The van der Waals surface area contributed by atoms with Crippen LogP contribution in [0.3, 0.4) is 0 Å². The molecule has 1 amide bonds. The molecule has 5 rings (SSSR count). The second kappa shape index (κ2) is 8.44. The van der Waals surface area contributed by atoms with Crippen molar-refractivity contribution < 1.29 is 9.90 Å². The number of benzene rings is 3. The summed E-state index contributed by atoms with van der Waals surface area (Å²) in [5, 5.41) is 11.8. The monoisotopic (exact) mass is 423 g/mol. The Bertz CT molecular complexity index is 1290. The molecule has 1 atom stereocenters. The van der Waals surface area contributed by atoms with E-state index in [2.05, 4.69) is 35.3 Å². The van der Waals surface area contributed by atoms with Crippen LogP contribution in [0.15, 0.2) is 79.1 Å². The lowest BCUT2D eigenvalue weighted by Crippen LogP contribution is -2.46. The van der Waals surface area contributed by atoms with Gasteiger partial charge in [0.15, 0.2) is 0 Å². The average Bonchev–Trinajstić information content (AvgIpc) is 2.83. The third kappa shape index (κ3) is 3.95. The van der Waals surface area contributed by atoms with E-state index in [1.807, 2.05) is 29.2 Å². The number of aromatic nitrogens is 1. The first-order valence-corrected chi connectivity index (χ1v) is 10.9. The minimum Gasteiger partial charge on any atom is -0.508 e. The van der Waals surface area contributed by atoms with Gasteiger partial charge in [-0.25, -0.2) is 0 Å². The van der Waals surface area contributed by atoms with Gasteiger partial charge in [-0.2, -0.15) is 0 Å². The zero-order chi connectivity index (χ0) is 22.1. The predicted molar refractivity (Wildman–Crippen MR) is 126 cm³/mol. The molecule has 3 N–H and O–H groups in total. The fourth-order valence-electron chi connectivity index (χ4n) is 4.56. The van der Waals surface area contributed by atoms with Crippen molar-refractivity contribution in [2.75, 3.05) is 6.54 Å². The number of rotatable bonds is 4. The van der Waals surface area contributed by atoms with Crippen molar-refractivity contribution in [2.24, 2.45) is 5.73 Å². The quantitative estimate of drug-likeness (QED) is 0.519. The first-order valence-electron chi connectivity index (χ1n) is 10.9. The van der Waals surface area contributed by atoms with Crippen molar-refractivity contribution in [1.29, 1.82) is 0 Å². The molecule has 0 aliphatic carbocycles. The van der Waals surface area contributed by atoms with E-state index in [0.29, 0.717) is 19.5 Å². The lowest BCUT2D eigenvalue weighted by molar-refractivity contribution is -0.133. The number of fused-ring (bicyclic) bond motifs is 2. The van der Waals surface area contributed by atoms with Gasteiger partial charge in [0.1, 0.15) is 5.75 Å². The fraction of sp³-hybridized carbons (Fsp3) is 0.185. The van der Waals surface area contributed by atoms with Crippen molar-refractivity contribution >= 4 is 16.7 Å². The predicted octanol–water partition coefficient (Wildman–Crippen LogP) is 4.06. The Balaban J connectivity index is 1.38. The maximum atomic E-state index is 13.0. The van der Waals surface area contributed by atoms with Gasteiger partial charge in [0.2, 0.25) is 5.91 Å². The topological polar surface area (TPSA) is 79.5 Å². The lowest BCUT2D eigenvalue weighted by Gasteiger charge is -2.32. The summed E-state index contributed by atoms with van der Waals surface area (Å²) in [6.45, 7) is 1.23. The molecule has 2 heterocycles. The highest BCUT2D eigenvalue weighted by molar-refractivity contribution is 5.89. The van der Waals surface area contributed by atoms with Crippen LogP contribution >= 0.6 is 0 Å². The molecule has 1 aliphatic heterocycles. The molecule has 5 heteroatoms. The van der Waals surface area contributed by atoms with Crippen LogP contribution in [0.4, 0.5) is 0 Å². The van der Waals surface area contributed by atoms with Crippen LogP contribution in [0, 0.1) is 0 Å². The molecule has 1 aliphatic rings. The highest BCUT2D eigenvalue weighted by Crippen LogP contribution is 2.33. The van der Waals surface area contributed by atoms with Crippen LogP contribution in [0.1, 0.15) is 16.7 Å². The third-order valence-electron chi connectivity index (χ3n) is 6.21. The standard InChI is InChI=1S/C27H25N3O2/c28-26(13-18-3-2-11-29-16-18)27(32)30-12-10-25-22(17-30)4-1-5-24(25)21-7-6-20-15-23(31)9-8-19(20)14-21/h1-9,11,14-16,26,31H,10,12-13,17,28H2. The van der Waals surface area contributed by atoms with E-state index >= 15 is 0 Å². The van der Waals surface area contributed by atoms with E-state index in [0.717, 1.165) is 28.3 Å². The molecule has 0 fully saturated rings. The highest BCUT2D eigenvalue weighted by Gasteiger charge is 2.26. The van der Waals surface area contributed by atoms with Gasteiger partial charge >= 0.3 is 0 Å². The van der Waals surface area contributed by atoms with Gasteiger partial charge in [-0.1, -0.05) is 42.5 Å². The van der Waals surface area contributed by atoms with Crippen molar-refractivity contribution in [1.82, 2.24) is 9.88 Å². The Morgan fingerprint density at radius 3 is 2.75 bits per heavy atom. The maximum Gasteiger partial charge on any atom is 0.240 e. The Morgan fingerprint density at radius 1 is 1.06 bits per heavy atom. The number of carbonyl (C=O) groups is 1. The summed E-state index contributed by atoms with van der Waals surface area (Å²) in [5.41, 5.74) is 12.0. The van der Waals surface area contributed by atoms with Gasteiger partial charge in [0.05, 0.1) is 6.04 Å².